The molecular weight excluding hydrogens is 447 g/mol. The van der Waals surface area contributed by atoms with E-state index in [1.807, 2.05) is 0 Å². The molecule has 1 saturated heterocycles. The highest BCUT2D eigenvalue weighted by molar-refractivity contribution is 8.18. The number of carbonyl (C=O) groups excluding carboxylic acids is 2. The van der Waals surface area contributed by atoms with Crippen molar-refractivity contribution in [3.8, 4) is 11.3 Å². The van der Waals surface area contributed by atoms with E-state index in [4.69, 9.17) is 16.0 Å². The summed E-state index contributed by atoms with van der Waals surface area (Å²) in [5, 5.41) is 10.6. The number of nitrogens with zero attached hydrogens (tertiary/aromatic N) is 2. The van der Waals surface area contributed by atoms with E-state index in [0.717, 1.165) is 22.7 Å². The number of non-ortho nitro benzene ring substituents is 1. The highest BCUT2D eigenvalue weighted by Crippen LogP contribution is 2.35. The van der Waals surface area contributed by atoms with Gasteiger partial charge >= 0.3 is 0 Å². The first-order valence-electron chi connectivity index (χ1n) is 8.86. The van der Waals surface area contributed by atoms with E-state index in [0.29, 0.717) is 22.6 Å². The van der Waals surface area contributed by atoms with Crippen LogP contribution in [0.15, 0.2) is 63.9 Å². The smallest absolute Gasteiger partial charge is 0.293 e. The van der Waals surface area contributed by atoms with Gasteiger partial charge in [-0.1, -0.05) is 29.8 Å². The molecular formula is C21H12ClFN2O5S. The number of thioether (sulfide) groups is 1. The van der Waals surface area contributed by atoms with Crippen molar-refractivity contribution < 1.29 is 23.3 Å². The summed E-state index contributed by atoms with van der Waals surface area (Å²) in [7, 11) is 0. The molecule has 3 aromatic rings. The topological polar surface area (TPSA) is 93.7 Å². The van der Waals surface area contributed by atoms with Crippen molar-refractivity contribution in [2.24, 2.45) is 0 Å². The van der Waals surface area contributed by atoms with Crippen molar-refractivity contribution in [3.63, 3.8) is 0 Å². The number of benzene rings is 2. The van der Waals surface area contributed by atoms with Crippen LogP contribution in [-0.2, 0) is 11.3 Å². The largest absolute Gasteiger partial charge is 0.457 e. The third-order valence-electron chi connectivity index (χ3n) is 4.46. The third kappa shape index (κ3) is 4.37. The molecule has 0 N–H and O–H groups in total. The van der Waals surface area contributed by atoms with Gasteiger partial charge in [-0.3, -0.25) is 24.6 Å². The van der Waals surface area contributed by atoms with Crippen molar-refractivity contribution >= 4 is 46.3 Å². The Labute approximate surface area is 184 Å². The van der Waals surface area contributed by atoms with Crippen LogP contribution < -0.4 is 0 Å². The molecule has 156 valence electrons. The lowest BCUT2D eigenvalue weighted by Crippen LogP contribution is -2.27. The molecule has 1 aliphatic rings. The van der Waals surface area contributed by atoms with Crippen LogP contribution in [-0.4, -0.2) is 21.0 Å². The summed E-state index contributed by atoms with van der Waals surface area (Å²) in [4.78, 5) is 36.6. The van der Waals surface area contributed by atoms with Crippen LogP contribution in [0.3, 0.4) is 0 Å². The van der Waals surface area contributed by atoms with Crippen LogP contribution in [0, 0.1) is 15.9 Å². The summed E-state index contributed by atoms with van der Waals surface area (Å²) in [5.74, 6) is -0.344. The van der Waals surface area contributed by atoms with Gasteiger partial charge in [-0.25, -0.2) is 4.39 Å². The lowest BCUT2D eigenvalue weighted by atomic mass is 10.1. The molecule has 2 heterocycles. The molecule has 1 aromatic heterocycles. The Morgan fingerprint density at radius 1 is 1.16 bits per heavy atom. The number of amides is 2. The van der Waals surface area contributed by atoms with Crippen LogP contribution in [0.1, 0.15) is 11.3 Å². The van der Waals surface area contributed by atoms with Gasteiger partial charge in [0.1, 0.15) is 17.3 Å². The van der Waals surface area contributed by atoms with Gasteiger partial charge in [0, 0.05) is 28.8 Å². The fraction of sp³-hybridized carbons (Fsp3) is 0.0476. The van der Waals surface area contributed by atoms with Crippen molar-refractivity contribution in [3.05, 3.63) is 91.8 Å². The number of carbonyl (C=O) groups is 2. The second-order valence-corrected chi connectivity index (χ2v) is 7.91. The summed E-state index contributed by atoms with van der Waals surface area (Å²) in [6.45, 7) is -0.0851. The molecule has 1 fully saturated rings. The van der Waals surface area contributed by atoms with Gasteiger partial charge in [-0.15, -0.1) is 0 Å². The number of nitro benzene ring substituents is 1. The molecule has 0 spiro atoms. The number of hydrogen-bond acceptors (Lipinski definition) is 6. The van der Waals surface area contributed by atoms with Gasteiger partial charge in [0.2, 0.25) is 0 Å². The molecule has 4 rings (SSSR count). The van der Waals surface area contributed by atoms with Gasteiger partial charge in [0.05, 0.1) is 16.4 Å². The molecule has 0 radical (unpaired) electrons. The highest BCUT2D eigenvalue weighted by Gasteiger charge is 2.35. The summed E-state index contributed by atoms with van der Waals surface area (Å²) >= 11 is 6.74. The standard InChI is InChI=1S/C21H12ClFN2O5S/c22-17-9-14(23)5-4-13(17)11-24-20(26)19(31-21(24)27)10-16-6-7-18(30-16)12-2-1-3-15(8-12)25(28)29/h1-10H,11H2/b19-10+. The number of halogens is 2. The van der Waals surface area contributed by atoms with Crippen molar-refractivity contribution in [2.45, 2.75) is 6.54 Å². The van der Waals surface area contributed by atoms with E-state index in [1.165, 1.54) is 30.3 Å². The fourth-order valence-corrected chi connectivity index (χ4v) is 3.99. The molecule has 2 amide bonds. The number of hydrogen-bond donors (Lipinski definition) is 0. The quantitative estimate of drug-likeness (QED) is 0.269. The zero-order valence-electron chi connectivity index (χ0n) is 15.6. The Morgan fingerprint density at radius 3 is 2.71 bits per heavy atom. The molecule has 1 aliphatic heterocycles. The molecule has 0 bridgehead atoms. The normalized spacial score (nSPS) is 15.2. The zero-order chi connectivity index (χ0) is 22.1. The van der Waals surface area contributed by atoms with Gasteiger partial charge in [-0.2, -0.15) is 0 Å². The van der Waals surface area contributed by atoms with Crippen LogP contribution in [0.25, 0.3) is 17.4 Å². The minimum absolute atomic E-state index is 0.0731. The number of rotatable bonds is 5. The Kier molecular flexibility index (Phi) is 5.62. The molecule has 10 heteroatoms. The monoisotopic (exact) mass is 458 g/mol. The maximum Gasteiger partial charge on any atom is 0.293 e. The lowest BCUT2D eigenvalue weighted by molar-refractivity contribution is -0.384. The van der Waals surface area contributed by atoms with Crippen LogP contribution in [0.5, 0.6) is 0 Å². The van der Waals surface area contributed by atoms with E-state index >= 15 is 0 Å². The van der Waals surface area contributed by atoms with Crippen LogP contribution in [0.2, 0.25) is 5.02 Å². The Hall–Kier alpha value is -3.43. The lowest BCUT2D eigenvalue weighted by Gasteiger charge is -2.13. The minimum atomic E-state index is -0.524. The van der Waals surface area contributed by atoms with Crippen molar-refractivity contribution in [1.82, 2.24) is 4.90 Å². The van der Waals surface area contributed by atoms with Gasteiger partial charge in [0.25, 0.3) is 16.8 Å². The summed E-state index contributed by atoms with van der Waals surface area (Å²) < 4.78 is 18.9. The van der Waals surface area contributed by atoms with Gasteiger partial charge < -0.3 is 4.42 Å². The predicted molar refractivity (Wildman–Crippen MR) is 114 cm³/mol. The third-order valence-corrected chi connectivity index (χ3v) is 5.72. The highest BCUT2D eigenvalue weighted by atomic mass is 35.5. The van der Waals surface area contributed by atoms with Crippen LogP contribution >= 0.6 is 23.4 Å². The Bertz CT molecular complexity index is 1260. The van der Waals surface area contributed by atoms with Gasteiger partial charge in [-0.05, 0) is 41.6 Å². The summed E-state index contributed by atoms with van der Waals surface area (Å²) in [6.07, 6.45) is 1.43. The summed E-state index contributed by atoms with van der Waals surface area (Å²) in [6, 6.07) is 12.9. The average Bonchev–Trinajstić information content (AvgIpc) is 3.30. The number of furan rings is 1. The number of nitro groups is 1. The fourth-order valence-electron chi connectivity index (χ4n) is 2.94. The molecule has 0 aliphatic carbocycles. The second-order valence-electron chi connectivity index (χ2n) is 6.51. The van der Waals surface area contributed by atoms with E-state index in [2.05, 4.69) is 0 Å². The SMILES string of the molecule is O=C1S/C(=C/c2ccc(-c3cccc([N+](=O)[O-])c3)o2)C(=O)N1Cc1ccc(F)cc1Cl. The molecule has 0 saturated carbocycles. The van der Waals surface area contributed by atoms with Gasteiger partial charge in [0.15, 0.2) is 0 Å². The van der Waals surface area contributed by atoms with Crippen molar-refractivity contribution in [1.29, 1.82) is 0 Å². The van der Waals surface area contributed by atoms with Crippen molar-refractivity contribution in [2.75, 3.05) is 0 Å². The second kappa shape index (κ2) is 8.37. The minimum Gasteiger partial charge on any atom is -0.457 e. The molecule has 0 atom stereocenters. The first kappa shape index (κ1) is 20.8. The molecule has 7 nitrogen and oxygen atoms in total. The maximum absolute atomic E-state index is 13.2. The number of imide groups is 1. The Morgan fingerprint density at radius 2 is 1.97 bits per heavy atom. The maximum atomic E-state index is 13.2. The van der Waals surface area contributed by atoms with E-state index in [-0.39, 0.29) is 22.2 Å². The molecule has 2 aromatic carbocycles. The predicted octanol–water partition coefficient (Wildman–Crippen LogP) is 5.88. The molecule has 0 unspecified atom stereocenters. The average molecular weight is 459 g/mol. The molecule has 31 heavy (non-hydrogen) atoms. The first-order valence-corrected chi connectivity index (χ1v) is 10.1. The van der Waals surface area contributed by atoms with E-state index in [9.17, 15) is 24.1 Å². The zero-order valence-corrected chi connectivity index (χ0v) is 17.2. The van der Waals surface area contributed by atoms with E-state index in [1.54, 1.807) is 24.3 Å². The van der Waals surface area contributed by atoms with Crippen LogP contribution in [0.4, 0.5) is 14.9 Å². The van der Waals surface area contributed by atoms with E-state index < -0.39 is 21.9 Å². The Balaban J connectivity index is 1.55. The first-order chi connectivity index (χ1) is 14.8. The summed E-state index contributed by atoms with van der Waals surface area (Å²) in [5.41, 5.74) is 0.876.